The van der Waals surface area contributed by atoms with Crippen LogP contribution in [0, 0.1) is 5.92 Å². The van der Waals surface area contributed by atoms with Gasteiger partial charge in [-0.2, -0.15) is 5.10 Å². The van der Waals surface area contributed by atoms with Gasteiger partial charge in [0.1, 0.15) is 12.1 Å². The Morgan fingerprint density at radius 1 is 1.15 bits per heavy atom. The average Bonchev–Trinajstić information content (AvgIpc) is 3.42. The molecule has 3 heterocycles. The fourth-order valence-corrected chi connectivity index (χ4v) is 4.03. The Bertz CT molecular complexity index is 762. The van der Waals surface area contributed by atoms with Gasteiger partial charge in [0, 0.05) is 19.2 Å². The van der Waals surface area contributed by atoms with E-state index in [0.717, 1.165) is 31.5 Å². The molecule has 0 bridgehead atoms. The molecule has 7 nitrogen and oxygen atoms in total. The molecule has 0 aromatic carbocycles. The minimum Gasteiger partial charge on any atom is -0.472 e. The Morgan fingerprint density at radius 3 is 2.77 bits per heavy atom. The van der Waals surface area contributed by atoms with Gasteiger partial charge in [0.05, 0.1) is 30.0 Å². The van der Waals surface area contributed by atoms with Crippen LogP contribution in [0.2, 0.25) is 0 Å². The number of nitrogens with one attached hydrogen (secondary N) is 1. The third-order valence-electron chi connectivity index (χ3n) is 5.44. The maximum Gasteiger partial charge on any atom is 0.257 e. The van der Waals surface area contributed by atoms with Crippen molar-refractivity contribution in [2.45, 2.75) is 44.6 Å². The molecule has 0 unspecified atom stereocenters. The van der Waals surface area contributed by atoms with E-state index in [1.165, 1.54) is 25.4 Å². The predicted octanol–water partition coefficient (Wildman–Crippen LogP) is 3.08. The van der Waals surface area contributed by atoms with Crippen LogP contribution in [0.1, 0.15) is 54.9 Å². The smallest absolute Gasteiger partial charge is 0.257 e. The number of furan rings is 1. The van der Waals surface area contributed by atoms with E-state index in [1.54, 1.807) is 17.2 Å². The number of rotatable bonds is 4. The molecule has 1 aliphatic heterocycles. The third-order valence-corrected chi connectivity index (χ3v) is 5.44. The maximum atomic E-state index is 12.8. The first-order valence-corrected chi connectivity index (χ1v) is 9.38. The first-order chi connectivity index (χ1) is 12.7. The monoisotopic (exact) mass is 356 g/mol. The summed E-state index contributed by atoms with van der Waals surface area (Å²) >= 11 is 0. The highest BCUT2D eigenvalue weighted by atomic mass is 16.3. The Morgan fingerprint density at radius 2 is 2.00 bits per heavy atom. The van der Waals surface area contributed by atoms with Crippen molar-refractivity contribution in [3.8, 4) is 0 Å². The molecule has 1 saturated heterocycles. The second-order valence-corrected chi connectivity index (χ2v) is 7.19. The lowest BCUT2D eigenvalue weighted by molar-refractivity contribution is -0.121. The minimum absolute atomic E-state index is 0.0329. The summed E-state index contributed by atoms with van der Waals surface area (Å²) in [5, 5.41) is 7.44. The Balaban J connectivity index is 1.40. The number of carbonyl (C=O) groups is 2. The summed E-state index contributed by atoms with van der Waals surface area (Å²) in [5.41, 5.74) is 0.533. The molecule has 7 heteroatoms. The largest absolute Gasteiger partial charge is 0.472 e. The zero-order valence-electron chi connectivity index (χ0n) is 14.8. The van der Waals surface area contributed by atoms with Crippen molar-refractivity contribution in [3.05, 3.63) is 36.4 Å². The number of likely N-dealkylation sites (tertiary alicyclic amines) is 1. The molecule has 1 saturated carbocycles. The van der Waals surface area contributed by atoms with Crippen LogP contribution in [0.25, 0.3) is 0 Å². The van der Waals surface area contributed by atoms with Crippen molar-refractivity contribution in [3.63, 3.8) is 0 Å². The van der Waals surface area contributed by atoms with E-state index in [2.05, 4.69) is 10.4 Å². The van der Waals surface area contributed by atoms with E-state index in [0.29, 0.717) is 24.7 Å². The number of carbonyl (C=O) groups excluding carboxylic acids is 2. The normalized spacial score (nSPS) is 21.1. The summed E-state index contributed by atoms with van der Waals surface area (Å²) in [5.74, 6) is 0.452. The molecule has 2 amide bonds. The Kier molecular flexibility index (Phi) is 4.77. The lowest BCUT2D eigenvalue weighted by Gasteiger charge is -2.31. The molecule has 2 aromatic heterocycles. The lowest BCUT2D eigenvalue weighted by Crippen LogP contribution is -2.43. The van der Waals surface area contributed by atoms with Crippen LogP contribution in [0.3, 0.4) is 0 Å². The minimum atomic E-state index is -0.202. The van der Waals surface area contributed by atoms with Gasteiger partial charge in [-0.05, 0) is 31.7 Å². The van der Waals surface area contributed by atoms with Gasteiger partial charge in [-0.1, -0.05) is 12.8 Å². The fraction of sp³-hybridized carbons (Fsp3) is 0.526. The fourth-order valence-electron chi connectivity index (χ4n) is 4.03. The van der Waals surface area contributed by atoms with Crippen molar-refractivity contribution >= 4 is 17.6 Å². The van der Waals surface area contributed by atoms with Crippen molar-refractivity contribution < 1.29 is 14.0 Å². The van der Waals surface area contributed by atoms with Crippen LogP contribution in [-0.4, -0.2) is 39.6 Å². The Labute approximate surface area is 152 Å². The zero-order valence-corrected chi connectivity index (χ0v) is 14.8. The summed E-state index contributed by atoms with van der Waals surface area (Å²) in [4.78, 5) is 27.0. The van der Waals surface area contributed by atoms with E-state index in [9.17, 15) is 9.59 Å². The van der Waals surface area contributed by atoms with Crippen molar-refractivity contribution in [1.29, 1.82) is 0 Å². The quantitative estimate of drug-likeness (QED) is 0.913. The van der Waals surface area contributed by atoms with Crippen LogP contribution >= 0.6 is 0 Å². The number of amides is 2. The number of aromatic nitrogens is 2. The summed E-state index contributed by atoms with van der Waals surface area (Å²) in [6, 6.07) is 3.89. The Hall–Kier alpha value is -2.57. The van der Waals surface area contributed by atoms with Crippen molar-refractivity contribution in [2.24, 2.45) is 5.92 Å². The molecule has 26 heavy (non-hydrogen) atoms. The van der Waals surface area contributed by atoms with Gasteiger partial charge in [0.15, 0.2) is 0 Å². The maximum absolute atomic E-state index is 12.8. The number of anilines is 1. The molecule has 2 aromatic rings. The topological polar surface area (TPSA) is 80.4 Å². The van der Waals surface area contributed by atoms with E-state index >= 15 is 0 Å². The highest BCUT2D eigenvalue weighted by molar-refractivity contribution is 5.95. The van der Waals surface area contributed by atoms with Gasteiger partial charge in [0.25, 0.3) is 5.91 Å². The number of piperidine rings is 1. The molecule has 4 rings (SSSR count). The van der Waals surface area contributed by atoms with Crippen LogP contribution in [0.15, 0.2) is 35.3 Å². The van der Waals surface area contributed by atoms with E-state index in [1.807, 2.05) is 10.7 Å². The van der Waals surface area contributed by atoms with Crippen LogP contribution in [0.5, 0.6) is 0 Å². The molecule has 0 spiro atoms. The summed E-state index contributed by atoms with van der Waals surface area (Å²) < 4.78 is 6.94. The summed E-state index contributed by atoms with van der Waals surface area (Å²) in [6.07, 6.45) is 10.9. The van der Waals surface area contributed by atoms with Crippen LogP contribution < -0.4 is 5.32 Å². The summed E-state index contributed by atoms with van der Waals surface area (Å²) in [6.45, 7) is 1.11. The number of nitrogens with zero attached hydrogens (tertiary/aromatic N) is 3. The van der Waals surface area contributed by atoms with E-state index in [4.69, 9.17) is 4.42 Å². The van der Waals surface area contributed by atoms with E-state index < -0.39 is 0 Å². The van der Waals surface area contributed by atoms with Gasteiger partial charge < -0.3 is 14.6 Å². The number of hydrogen-bond donors (Lipinski definition) is 1. The molecule has 2 aliphatic rings. The standard InChI is InChI=1S/C19H24N4O3/c24-18(21-17-7-9-20-23(17)16-5-1-2-6-16)14-4-3-10-22(12-14)19(25)15-8-11-26-13-15/h7-9,11,13-14,16H,1-6,10,12H2,(H,21,24)/t14-/m0/s1. The second kappa shape index (κ2) is 7.35. The lowest BCUT2D eigenvalue weighted by atomic mass is 9.96. The molecule has 2 fully saturated rings. The average molecular weight is 356 g/mol. The molecule has 1 atom stereocenters. The van der Waals surface area contributed by atoms with Gasteiger partial charge in [-0.25, -0.2) is 4.68 Å². The highest BCUT2D eigenvalue weighted by Gasteiger charge is 2.30. The number of hydrogen-bond acceptors (Lipinski definition) is 4. The predicted molar refractivity (Wildman–Crippen MR) is 95.7 cm³/mol. The second-order valence-electron chi connectivity index (χ2n) is 7.19. The van der Waals surface area contributed by atoms with Crippen molar-refractivity contribution in [1.82, 2.24) is 14.7 Å². The molecular formula is C19H24N4O3. The van der Waals surface area contributed by atoms with Crippen LogP contribution in [0.4, 0.5) is 5.82 Å². The highest BCUT2D eigenvalue weighted by Crippen LogP contribution is 2.31. The molecule has 1 aliphatic carbocycles. The van der Waals surface area contributed by atoms with Gasteiger partial charge >= 0.3 is 0 Å². The zero-order chi connectivity index (χ0) is 17.9. The third kappa shape index (κ3) is 3.38. The molecule has 0 radical (unpaired) electrons. The molecule has 1 N–H and O–H groups in total. The van der Waals surface area contributed by atoms with Gasteiger partial charge in [-0.3, -0.25) is 9.59 Å². The van der Waals surface area contributed by atoms with Crippen molar-refractivity contribution in [2.75, 3.05) is 18.4 Å². The summed E-state index contributed by atoms with van der Waals surface area (Å²) in [7, 11) is 0. The van der Waals surface area contributed by atoms with E-state index in [-0.39, 0.29) is 17.7 Å². The molecular weight excluding hydrogens is 332 g/mol. The van der Waals surface area contributed by atoms with Crippen LogP contribution in [-0.2, 0) is 4.79 Å². The first-order valence-electron chi connectivity index (χ1n) is 9.38. The first kappa shape index (κ1) is 16.9. The SMILES string of the molecule is O=C(Nc1ccnn1C1CCCC1)[C@H]1CCCN(C(=O)c2ccoc2)C1. The molecule has 138 valence electrons. The van der Waals surface area contributed by atoms with Gasteiger partial charge in [-0.15, -0.1) is 0 Å². The van der Waals surface area contributed by atoms with Gasteiger partial charge in [0.2, 0.25) is 5.91 Å².